The summed E-state index contributed by atoms with van der Waals surface area (Å²) in [6.07, 6.45) is 9.00. The van der Waals surface area contributed by atoms with Crippen molar-refractivity contribution in [3.8, 4) is 0 Å². The van der Waals surface area contributed by atoms with Crippen LogP contribution in [0.15, 0.2) is 0 Å². The molecule has 1 saturated carbocycles. The van der Waals surface area contributed by atoms with Crippen molar-refractivity contribution in [2.45, 2.75) is 38.5 Å². The molecule has 0 bridgehead atoms. The molecular formula is C6H12Ar2. The molecule has 1 fully saturated rings. The Morgan fingerprint density at radius 2 is 0.500 bits per heavy atom. The summed E-state index contributed by atoms with van der Waals surface area (Å²) in [4.78, 5) is 0. The van der Waals surface area contributed by atoms with Crippen molar-refractivity contribution >= 4 is 0 Å². The van der Waals surface area contributed by atoms with Crippen molar-refractivity contribution in [3.05, 3.63) is 0 Å². The van der Waals surface area contributed by atoms with E-state index >= 15 is 0 Å². The molecule has 1 aliphatic rings. The largest absolute Gasteiger partial charge is 0.0533 e. The van der Waals surface area contributed by atoms with Crippen LogP contribution in [0.1, 0.15) is 38.5 Å². The molecule has 0 radical (unpaired) electrons. The van der Waals surface area contributed by atoms with Crippen LogP contribution in [0.5, 0.6) is 0 Å². The van der Waals surface area contributed by atoms with Gasteiger partial charge in [-0.1, -0.05) is 38.5 Å². The maximum Gasteiger partial charge on any atom is 0 e. The molecule has 0 amide bonds. The molecule has 1 aliphatic carbocycles. The minimum Gasteiger partial charge on any atom is -0.0533 e. The Kier molecular flexibility index (Phi) is 15.6. The zero-order valence-corrected chi connectivity index (χ0v) is 6.36. The van der Waals surface area contributed by atoms with Gasteiger partial charge in [0.2, 0.25) is 0 Å². The topological polar surface area (TPSA) is 0 Å². The molecule has 0 aliphatic heterocycles. The second-order valence-electron chi connectivity index (χ2n) is 2.12. The van der Waals surface area contributed by atoms with Crippen LogP contribution >= 0.6 is 0 Å². The summed E-state index contributed by atoms with van der Waals surface area (Å²) in [5, 5.41) is 0. The summed E-state index contributed by atoms with van der Waals surface area (Å²) < 4.78 is 0. The Bertz CT molecular complexity index is 22.0. The van der Waals surface area contributed by atoms with Crippen molar-refractivity contribution in [2.24, 2.45) is 0 Å². The summed E-state index contributed by atoms with van der Waals surface area (Å²) in [5.41, 5.74) is 0. The first-order valence-electron chi connectivity index (χ1n) is 3.00. The zero-order valence-electron chi connectivity index (χ0n) is 4.95. The van der Waals surface area contributed by atoms with Crippen molar-refractivity contribution < 1.29 is 75.5 Å². The summed E-state index contributed by atoms with van der Waals surface area (Å²) in [6.45, 7) is 0. The summed E-state index contributed by atoms with van der Waals surface area (Å²) in [7, 11) is 0. The molecule has 0 unspecified atom stereocenters. The fourth-order valence-corrected chi connectivity index (χ4v) is 1.06. The van der Waals surface area contributed by atoms with Gasteiger partial charge in [0, 0.05) is 75.5 Å². The summed E-state index contributed by atoms with van der Waals surface area (Å²) in [6, 6.07) is 0. The van der Waals surface area contributed by atoms with Gasteiger partial charge in [0.1, 0.15) is 0 Å². The summed E-state index contributed by atoms with van der Waals surface area (Å²) >= 11 is 0. The molecule has 2 heteroatoms. The average Bonchev–Trinajstić information content (AvgIpc) is 1.72. The first-order valence-corrected chi connectivity index (χ1v) is 3.00. The zero-order chi connectivity index (χ0) is 4.24. The molecule has 8 heavy (non-hydrogen) atoms. The molecule has 0 aromatic carbocycles. The minimum absolute atomic E-state index is 0. The molecule has 0 aromatic rings. The average molecular weight is 164 g/mol. The Morgan fingerprint density at radius 3 is 0.625 bits per heavy atom. The van der Waals surface area contributed by atoms with Crippen molar-refractivity contribution in [2.75, 3.05) is 0 Å². The van der Waals surface area contributed by atoms with E-state index in [2.05, 4.69) is 0 Å². The minimum atomic E-state index is 0. The van der Waals surface area contributed by atoms with Gasteiger partial charge in [-0.3, -0.25) is 0 Å². The monoisotopic (exact) mass is 164 g/mol. The van der Waals surface area contributed by atoms with Gasteiger partial charge in [0.25, 0.3) is 0 Å². The van der Waals surface area contributed by atoms with Crippen LogP contribution in [0.4, 0.5) is 0 Å². The fourth-order valence-electron chi connectivity index (χ4n) is 1.06. The molecular weight excluding hydrogens is 152 g/mol. The molecule has 0 spiro atoms. The van der Waals surface area contributed by atoms with Crippen LogP contribution in [-0.4, -0.2) is 0 Å². The number of hydrogen-bond donors (Lipinski definition) is 0. The van der Waals surface area contributed by atoms with E-state index in [1.165, 1.54) is 38.5 Å². The van der Waals surface area contributed by atoms with E-state index < -0.39 is 0 Å². The molecule has 1 rings (SSSR count). The van der Waals surface area contributed by atoms with Crippen LogP contribution in [0.2, 0.25) is 0 Å². The van der Waals surface area contributed by atoms with Crippen LogP contribution in [0.3, 0.4) is 0 Å². The summed E-state index contributed by atoms with van der Waals surface area (Å²) in [5.74, 6) is 0. The molecule has 0 atom stereocenters. The maximum atomic E-state index is 1.50. The standard InChI is InChI=1S/C6H12.2Ar/c1-2-4-6-5-3-1;;/h1-6H2;;. The molecule has 0 heterocycles. The van der Waals surface area contributed by atoms with E-state index in [9.17, 15) is 0 Å². The van der Waals surface area contributed by atoms with E-state index in [4.69, 9.17) is 0 Å². The molecule has 0 nitrogen and oxygen atoms in total. The normalized spacial score (nSPS) is 18.0. The van der Waals surface area contributed by atoms with E-state index in [0.29, 0.717) is 0 Å². The van der Waals surface area contributed by atoms with E-state index in [0.717, 1.165) is 0 Å². The van der Waals surface area contributed by atoms with E-state index in [-0.39, 0.29) is 75.5 Å². The SMILES string of the molecule is C1CCCCC1.[Ar].[Ar]. The van der Waals surface area contributed by atoms with Crippen molar-refractivity contribution in [3.63, 3.8) is 0 Å². The van der Waals surface area contributed by atoms with E-state index in [1.807, 2.05) is 0 Å². The third-order valence-electron chi connectivity index (χ3n) is 1.50. The van der Waals surface area contributed by atoms with Gasteiger partial charge in [0.15, 0.2) is 0 Å². The fraction of sp³-hybridized carbons (Fsp3) is 1.00. The van der Waals surface area contributed by atoms with Gasteiger partial charge < -0.3 is 0 Å². The molecule has 52 valence electrons. The Hall–Kier alpha value is 2.52. The van der Waals surface area contributed by atoms with Gasteiger partial charge in [-0.05, 0) is 0 Å². The predicted octanol–water partition coefficient (Wildman–Crippen LogP) is 2.34. The van der Waals surface area contributed by atoms with E-state index in [1.54, 1.807) is 0 Å². The van der Waals surface area contributed by atoms with Crippen LogP contribution in [0.25, 0.3) is 0 Å². The van der Waals surface area contributed by atoms with Gasteiger partial charge in [-0.15, -0.1) is 0 Å². The number of rotatable bonds is 0. The van der Waals surface area contributed by atoms with Gasteiger partial charge in [-0.25, -0.2) is 0 Å². The van der Waals surface area contributed by atoms with Gasteiger partial charge in [0.05, 0.1) is 0 Å². The Labute approximate surface area is 112 Å². The molecule has 0 saturated heterocycles. The first-order chi connectivity index (χ1) is 3.00. The third kappa shape index (κ3) is 6.64. The Morgan fingerprint density at radius 1 is 0.375 bits per heavy atom. The first kappa shape index (κ1) is 13.1. The number of hydrogen-bond acceptors (Lipinski definition) is 0. The second-order valence-corrected chi connectivity index (χ2v) is 2.12. The Balaban J connectivity index is 0. The quantitative estimate of drug-likeness (QED) is 0.515. The van der Waals surface area contributed by atoms with Crippen molar-refractivity contribution in [1.29, 1.82) is 0 Å². The van der Waals surface area contributed by atoms with Crippen LogP contribution in [0, 0.1) is 75.5 Å². The van der Waals surface area contributed by atoms with Gasteiger partial charge in [-0.2, -0.15) is 0 Å². The predicted molar refractivity (Wildman–Crippen MR) is 27.7 cm³/mol. The molecule has 0 aromatic heterocycles. The maximum absolute atomic E-state index is 1.50. The second kappa shape index (κ2) is 9.52. The van der Waals surface area contributed by atoms with Crippen molar-refractivity contribution in [1.82, 2.24) is 0 Å². The van der Waals surface area contributed by atoms with Crippen LogP contribution < -0.4 is 0 Å². The van der Waals surface area contributed by atoms with Gasteiger partial charge >= 0.3 is 0 Å². The molecule has 0 N–H and O–H groups in total. The smallest absolute Gasteiger partial charge is 0 e. The van der Waals surface area contributed by atoms with Crippen LogP contribution in [-0.2, 0) is 0 Å². The third-order valence-corrected chi connectivity index (χ3v) is 1.50.